The number of rotatable bonds is 4. The molecular formula is C17H26N2O. The molecule has 2 atom stereocenters. The van der Waals surface area contributed by atoms with Crippen molar-refractivity contribution in [2.45, 2.75) is 45.1 Å². The van der Waals surface area contributed by atoms with Gasteiger partial charge in [0.2, 0.25) is 0 Å². The Hall–Kier alpha value is -1.35. The van der Waals surface area contributed by atoms with Crippen molar-refractivity contribution in [1.29, 1.82) is 0 Å². The second kappa shape index (κ2) is 6.89. The molecule has 0 radical (unpaired) electrons. The number of benzene rings is 1. The van der Waals surface area contributed by atoms with Gasteiger partial charge >= 0.3 is 0 Å². The molecule has 110 valence electrons. The molecule has 0 aliphatic heterocycles. The first-order chi connectivity index (χ1) is 9.63. The highest BCUT2D eigenvalue weighted by Crippen LogP contribution is 2.28. The third kappa shape index (κ3) is 3.40. The van der Waals surface area contributed by atoms with Gasteiger partial charge in [0.25, 0.3) is 5.91 Å². The van der Waals surface area contributed by atoms with Gasteiger partial charge < -0.3 is 10.6 Å². The molecule has 0 spiro atoms. The largest absolute Gasteiger partial charge is 0.338 e. The molecule has 3 nitrogen and oxygen atoms in total. The van der Waals surface area contributed by atoms with Crippen LogP contribution in [-0.2, 0) is 6.42 Å². The fourth-order valence-electron chi connectivity index (χ4n) is 3.25. The van der Waals surface area contributed by atoms with Gasteiger partial charge in [0.15, 0.2) is 0 Å². The van der Waals surface area contributed by atoms with Gasteiger partial charge in [-0.25, -0.2) is 0 Å². The van der Waals surface area contributed by atoms with Crippen molar-refractivity contribution in [3.05, 3.63) is 35.4 Å². The maximum Gasteiger partial charge on any atom is 0.253 e. The molecule has 0 bridgehead atoms. The first kappa shape index (κ1) is 15.0. The predicted molar refractivity (Wildman–Crippen MR) is 82.7 cm³/mol. The molecule has 1 saturated carbocycles. The van der Waals surface area contributed by atoms with Crippen molar-refractivity contribution in [3.63, 3.8) is 0 Å². The van der Waals surface area contributed by atoms with Crippen molar-refractivity contribution in [2.75, 3.05) is 13.6 Å². The third-order valence-corrected chi connectivity index (χ3v) is 4.49. The molecule has 2 N–H and O–H groups in total. The van der Waals surface area contributed by atoms with Crippen LogP contribution in [0.3, 0.4) is 0 Å². The first-order valence-electron chi connectivity index (χ1n) is 7.69. The van der Waals surface area contributed by atoms with E-state index in [9.17, 15) is 4.79 Å². The zero-order valence-corrected chi connectivity index (χ0v) is 12.6. The predicted octanol–water partition coefficient (Wildman–Crippen LogP) is 2.84. The summed E-state index contributed by atoms with van der Waals surface area (Å²) in [6.07, 6.45) is 5.72. The lowest BCUT2D eigenvalue weighted by Crippen LogP contribution is -2.42. The molecule has 1 aliphatic rings. The molecular weight excluding hydrogens is 248 g/mol. The summed E-state index contributed by atoms with van der Waals surface area (Å²) in [5.41, 5.74) is 7.52. The van der Waals surface area contributed by atoms with Crippen molar-refractivity contribution >= 4 is 5.91 Å². The van der Waals surface area contributed by atoms with Crippen LogP contribution in [0.2, 0.25) is 0 Å². The Morgan fingerprint density at radius 1 is 1.35 bits per heavy atom. The lowest BCUT2D eigenvalue weighted by molar-refractivity contribution is 0.0629. The Kier molecular flexibility index (Phi) is 5.18. The van der Waals surface area contributed by atoms with Gasteiger partial charge in [-0.15, -0.1) is 0 Å². The molecule has 3 heteroatoms. The smallest absolute Gasteiger partial charge is 0.253 e. The fraction of sp³-hybridized carbons (Fsp3) is 0.588. The van der Waals surface area contributed by atoms with Crippen molar-refractivity contribution in [2.24, 2.45) is 11.7 Å². The number of hydrogen-bond donors (Lipinski definition) is 1. The van der Waals surface area contributed by atoms with Gasteiger partial charge in [0, 0.05) is 18.7 Å². The van der Waals surface area contributed by atoms with E-state index >= 15 is 0 Å². The zero-order valence-electron chi connectivity index (χ0n) is 12.6. The highest BCUT2D eigenvalue weighted by Gasteiger charge is 2.28. The fourth-order valence-corrected chi connectivity index (χ4v) is 3.25. The highest BCUT2D eigenvalue weighted by atomic mass is 16.2. The van der Waals surface area contributed by atoms with E-state index in [-0.39, 0.29) is 5.91 Å². The second-order valence-electron chi connectivity index (χ2n) is 5.98. The minimum Gasteiger partial charge on any atom is -0.338 e. The number of carbonyl (C=O) groups excluding carboxylic acids is 1. The van der Waals surface area contributed by atoms with Crippen LogP contribution in [0.25, 0.3) is 0 Å². The lowest BCUT2D eigenvalue weighted by Gasteiger charge is -2.36. The van der Waals surface area contributed by atoms with Crippen LogP contribution in [0, 0.1) is 5.92 Å². The van der Waals surface area contributed by atoms with Gasteiger partial charge in [0.1, 0.15) is 0 Å². The van der Waals surface area contributed by atoms with Gasteiger partial charge in [0.05, 0.1) is 0 Å². The van der Waals surface area contributed by atoms with Crippen LogP contribution < -0.4 is 5.73 Å². The zero-order chi connectivity index (χ0) is 14.5. The lowest BCUT2D eigenvalue weighted by atomic mass is 9.85. The minimum atomic E-state index is 0.141. The van der Waals surface area contributed by atoms with Crippen LogP contribution in [0.15, 0.2) is 24.3 Å². The van der Waals surface area contributed by atoms with Crippen molar-refractivity contribution in [3.8, 4) is 0 Å². The summed E-state index contributed by atoms with van der Waals surface area (Å²) in [7, 11) is 1.95. The molecule has 1 fully saturated rings. The second-order valence-corrected chi connectivity index (χ2v) is 5.98. The summed E-state index contributed by atoms with van der Waals surface area (Å²) in [6, 6.07) is 8.27. The summed E-state index contributed by atoms with van der Waals surface area (Å²) in [4.78, 5) is 14.6. The van der Waals surface area contributed by atoms with Gasteiger partial charge in [-0.2, -0.15) is 0 Å². The summed E-state index contributed by atoms with van der Waals surface area (Å²) in [5.74, 6) is 0.743. The Morgan fingerprint density at radius 3 is 2.80 bits per heavy atom. The average Bonchev–Trinajstić information content (AvgIpc) is 2.47. The van der Waals surface area contributed by atoms with E-state index in [1.54, 1.807) is 0 Å². The standard InChI is InChI=1S/C17H26N2O/c1-13-6-3-4-9-16(13)19(2)17(20)15-8-5-7-14(12-15)10-11-18/h5,7-8,12-13,16H,3-4,6,9-11,18H2,1-2H3. The van der Waals surface area contributed by atoms with Gasteiger partial charge in [-0.3, -0.25) is 4.79 Å². The van der Waals surface area contributed by atoms with Crippen LogP contribution in [0.1, 0.15) is 48.5 Å². The molecule has 20 heavy (non-hydrogen) atoms. The maximum atomic E-state index is 12.6. The molecule has 1 amide bonds. The number of nitrogens with zero attached hydrogens (tertiary/aromatic N) is 1. The van der Waals surface area contributed by atoms with E-state index in [0.29, 0.717) is 18.5 Å². The molecule has 2 rings (SSSR count). The molecule has 1 aromatic rings. The van der Waals surface area contributed by atoms with E-state index in [1.165, 1.54) is 19.3 Å². The number of nitrogens with two attached hydrogens (primary N) is 1. The summed E-state index contributed by atoms with van der Waals surface area (Å²) >= 11 is 0. The molecule has 0 saturated heterocycles. The number of amides is 1. The SMILES string of the molecule is CC1CCCCC1N(C)C(=O)c1cccc(CCN)c1. The van der Waals surface area contributed by atoms with Crippen molar-refractivity contribution < 1.29 is 4.79 Å². The van der Waals surface area contributed by atoms with Crippen LogP contribution in [0.5, 0.6) is 0 Å². The van der Waals surface area contributed by atoms with Crippen molar-refractivity contribution in [1.82, 2.24) is 4.90 Å². The van der Waals surface area contributed by atoms with E-state index < -0.39 is 0 Å². The molecule has 2 unspecified atom stereocenters. The molecule has 1 aliphatic carbocycles. The van der Waals surface area contributed by atoms with E-state index in [2.05, 4.69) is 6.92 Å². The number of carbonyl (C=O) groups is 1. The van der Waals surface area contributed by atoms with Gasteiger partial charge in [-0.1, -0.05) is 31.9 Å². The molecule has 0 heterocycles. The normalized spacial score (nSPS) is 22.6. The van der Waals surface area contributed by atoms with Gasteiger partial charge in [-0.05, 0) is 49.4 Å². The summed E-state index contributed by atoms with van der Waals surface area (Å²) in [5, 5.41) is 0. The monoisotopic (exact) mass is 274 g/mol. The van der Waals surface area contributed by atoms with Crippen LogP contribution in [0.4, 0.5) is 0 Å². The average molecular weight is 274 g/mol. The first-order valence-corrected chi connectivity index (χ1v) is 7.69. The van der Waals surface area contributed by atoms with E-state index in [1.807, 2.05) is 36.2 Å². The number of hydrogen-bond acceptors (Lipinski definition) is 2. The highest BCUT2D eigenvalue weighted by molar-refractivity contribution is 5.94. The quantitative estimate of drug-likeness (QED) is 0.917. The van der Waals surface area contributed by atoms with E-state index in [0.717, 1.165) is 24.0 Å². The summed E-state index contributed by atoms with van der Waals surface area (Å²) in [6.45, 7) is 2.88. The Bertz CT molecular complexity index is 458. The van der Waals surface area contributed by atoms with Crippen LogP contribution in [-0.4, -0.2) is 30.4 Å². The molecule has 1 aromatic carbocycles. The Balaban J connectivity index is 2.11. The summed E-state index contributed by atoms with van der Waals surface area (Å²) < 4.78 is 0. The van der Waals surface area contributed by atoms with Crippen LogP contribution >= 0.6 is 0 Å². The van der Waals surface area contributed by atoms with E-state index in [4.69, 9.17) is 5.73 Å². The topological polar surface area (TPSA) is 46.3 Å². The maximum absolute atomic E-state index is 12.6. The Morgan fingerprint density at radius 2 is 2.10 bits per heavy atom. The molecule has 0 aromatic heterocycles. The third-order valence-electron chi connectivity index (χ3n) is 4.49. The Labute approximate surface area is 122 Å². The minimum absolute atomic E-state index is 0.141.